The van der Waals surface area contributed by atoms with Gasteiger partial charge in [-0.25, -0.2) is 12.8 Å². The van der Waals surface area contributed by atoms with Crippen LogP contribution in [-0.2, 0) is 14.2 Å². The van der Waals surface area contributed by atoms with Gasteiger partial charge in [0.2, 0.25) is 0 Å². The molecule has 0 bridgehead atoms. The predicted octanol–water partition coefficient (Wildman–Crippen LogP) is -0.475. The quantitative estimate of drug-likeness (QED) is 0.545. The largest absolute Gasteiger partial charge is 0.261 e. The summed E-state index contributed by atoms with van der Waals surface area (Å²) in [7, 11) is 6.76. The van der Waals surface area contributed by atoms with Crippen molar-refractivity contribution in [3.8, 4) is 0 Å². The van der Waals surface area contributed by atoms with Crippen LogP contribution in [0.5, 0.6) is 0 Å². The van der Waals surface area contributed by atoms with Gasteiger partial charge in [-0.1, -0.05) is 21.0 Å². The Bertz CT molecular complexity index is 506. The second-order valence-electron chi connectivity index (χ2n) is 4.45. The zero-order valence-electron chi connectivity index (χ0n) is 9.01. The standard InChI is InChI=1S/C7H8B3BrClFO2S/c8-7(9,10)6-4(11)1-3(2-5(6)13)16(12,14)15/h1-2H,8-10H2. The molecule has 0 fully saturated rings. The summed E-state index contributed by atoms with van der Waals surface area (Å²) in [6, 6.07) is 2.25. The molecule has 0 aliphatic carbocycles. The van der Waals surface area contributed by atoms with Crippen molar-refractivity contribution in [2.75, 3.05) is 0 Å². The highest BCUT2D eigenvalue weighted by Gasteiger charge is 2.24. The van der Waals surface area contributed by atoms with Gasteiger partial charge >= 0.3 is 0 Å². The maximum Gasteiger partial charge on any atom is 0.261 e. The van der Waals surface area contributed by atoms with E-state index < -0.39 is 20.0 Å². The van der Waals surface area contributed by atoms with Crippen LogP contribution in [0, 0.1) is 5.82 Å². The van der Waals surface area contributed by atoms with Gasteiger partial charge in [0.25, 0.3) is 9.05 Å². The molecule has 0 saturated carbocycles. The van der Waals surface area contributed by atoms with Crippen LogP contribution in [0.15, 0.2) is 21.5 Å². The molecular weight excluding hydrogens is 315 g/mol. The van der Waals surface area contributed by atoms with E-state index in [-0.39, 0.29) is 4.90 Å². The van der Waals surface area contributed by atoms with Crippen molar-refractivity contribution in [2.45, 2.75) is 10.0 Å². The maximum atomic E-state index is 13.8. The zero-order valence-corrected chi connectivity index (χ0v) is 12.2. The highest BCUT2D eigenvalue weighted by molar-refractivity contribution is 9.10. The molecule has 0 aliphatic rings. The first kappa shape index (κ1) is 14.1. The van der Waals surface area contributed by atoms with E-state index in [0.29, 0.717) is 10.0 Å². The van der Waals surface area contributed by atoms with Crippen LogP contribution >= 0.6 is 26.6 Å². The van der Waals surface area contributed by atoms with Crippen LogP contribution in [0.25, 0.3) is 0 Å². The van der Waals surface area contributed by atoms with Gasteiger partial charge < -0.3 is 0 Å². The third-order valence-electron chi connectivity index (χ3n) is 2.05. The van der Waals surface area contributed by atoms with E-state index in [1.54, 1.807) is 0 Å². The highest BCUT2D eigenvalue weighted by Crippen LogP contribution is 2.30. The topological polar surface area (TPSA) is 34.1 Å². The molecule has 0 amide bonds. The minimum atomic E-state index is -3.91. The van der Waals surface area contributed by atoms with Gasteiger partial charge in [-0.15, -0.1) is 0 Å². The molecule has 2 nitrogen and oxygen atoms in total. The third kappa shape index (κ3) is 3.05. The number of halogens is 3. The molecule has 0 spiro atoms. The van der Waals surface area contributed by atoms with Gasteiger partial charge in [-0.05, 0) is 17.7 Å². The van der Waals surface area contributed by atoms with E-state index in [1.165, 1.54) is 6.07 Å². The number of benzene rings is 1. The van der Waals surface area contributed by atoms with E-state index >= 15 is 0 Å². The van der Waals surface area contributed by atoms with Crippen LogP contribution < -0.4 is 0 Å². The Morgan fingerprint density at radius 3 is 2.12 bits per heavy atom. The van der Waals surface area contributed by atoms with Crippen molar-refractivity contribution >= 4 is 59.2 Å². The fourth-order valence-electron chi connectivity index (χ4n) is 1.41. The Morgan fingerprint density at radius 1 is 1.31 bits per heavy atom. The lowest BCUT2D eigenvalue weighted by molar-refractivity contribution is 0.595. The van der Waals surface area contributed by atoms with Crippen LogP contribution in [0.1, 0.15) is 5.56 Å². The summed E-state index contributed by atoms with van der Waals surface area (Å²) < 4.78 is 36.3. The molecule has 0 atom stereocenters. The Kier molecular flexibility index (Phi) is 3.87. The lowest BCUT2D eigenvalue weighted by Gasteiger charge is -2.21. The van der Waals surface area contributed by atoms with Gasteiger partial charge in [0.1, 0.15) is 5.82 Å². The second kappa shape index (κ2) is 4.39. The summed E-state index contributed by atoms with van der Waals surface area (Å²) in [5, 5.41) is -0.419. The molecule has 9 heteroatoms. The molecule has 84 valence electrons. The van der Waals surface area contributed by atoms with Crippen LogP contribution in [0.2, 0.25) is 0 Å². The Balaban J connectivity index is 3.53. The van der Waals surface area contributed by atoms with Crippen molar-refractivity contribution < 1.29 is 12.8 Å². The summed E-state index contributed by atoms with van der Waals surface area (Å²) >= 11 is 3.16. The van der Waals surface area contributed by atoms with Crippen molar-refractivity contribution in [1.29, 1.82) is 0 Å². The van der Waals surface area contributed by atoms with E-state index in [4.69, 9.17) is 10.7 Å². The summed E-state index contributed by atoms with van der Waals surface area (Å²) in [4.78, 5) is -0.244. The van der Waals surface area contributed by atoms with Crippen molar-refractivity contribution in [1.82, 2.24) is 0 Å². The first-order valence-electron chi connectivity index (χ1n) is 4.47. The molecule has 0 heterocycles. The summed E-state index contributed by atoms with van der Waals surface area (Å²) in [5.41, 5.74) is 0.427. The van der Waals surface area contributed by atoms with Gasteiger partial charge in [0.15, 0.2) is 0 Å². The summed E-state index contributed by atoms with van der Waals surface area (Å²) in [5.74, 6) is -0.582. The zero-order chi connectivity index (χ0) is 12.7. The van der Waals surface area contributed by atoms with Crippen LogP contribution in [0.3, 0.4) is 0 Å². The van der Waals surface area contributed by atoms with Crippen molar-refractivity contribution in [3.05, 3.63) is 28.0 Å². The SMILES string of the molecule is BC(B)(B)c1c(F)cc(S(=O)(=O)Cl)cc1Br. The molecule has 16 heavy (non-hydrogen) atoms. The fourth-order valence-corrected chi connectivity index (χ4v) is 3.36. The normalized spacial score (nSPS) is 12.7. The van der Waals surface area contributed by atoms with Gasteiger partial charge in [0, 0.05) is 15.2 Å². The molecule has 0 unspecified atom stereocenters. The monoisotopic (exact) mass is 322 g/mol. The van der Waals surface area contributed by atoms with Crippen molar-refractivity contribution in [3.63, 3.8) is 0 Å². The Labute approximate surface area is 110 Å². The minimum Gasteiger partial charge on any atom is -0.207 e. The first-order valence-corrected chi connectivity index (χ1v) is 7.58. The third-order valence-corrected chi connectivity index (χ3v) is 4.01. The molecule has 1 aromatic carbocycles. The van der Waals surface area contributed by atoms with E-state index in [1.807, 2.05) is 23.5 Å². The number of hydrogen-bond donors (Lipinski definition) is 0. The van der Waals surface area contributed by atoms with Crippen LogP contribution in [-0.4, -0.2) is 32.0 Å². The molecule has 0 N–H and O–H groups in total. The molecule has 0 radical (unpaired) electrons. The smallest absolute Gasteiger partial charge is 0.207 e. The summed E-state index contributed by atoms with van der Waals surface area (Å²) in [6.45, 7) is 0. The molecule has 0 aromatic heterocycles. The minimum absolute atomic E-state index is 0.244. The average Bonchev–Trinajstić information content (AvgIpc) is 1.97. The molecular formula is C7H8B3BrClFO2S. The number of hydrogen-bond acceptors (Lipinski definition) is 2. The molecule has 1 aromatic rings. The van der Waals surface area contributed by atoms with E-state index in [9.17, 15) is 12.8 Å². The van der Waals surface area contributed by atoms with Crippen LogP contribution in [0.4, 0.5) is 4.39 Å². The first-order chi connectivity index (χ1) is 7.03. The maximum absolute atomic E-state index is 13.8. The molecule has 0 saturated heterocycles. The van der Waals surface area contributed by atoms with Crippen molar-refractivity contribution in [2.24, 2.45) is 0 Å². The Morgan fingerprint density at radius 2 is 1.81 bits per heavy atom. The van der Waals surface area contributed by atoms with Gasteiger partial charge in [-0.3, -0.25) is 0 Å². The molecule has 0 aliphatic heterocycles. The molecule has 1 rings (SSSR count). The van der Waals surface area contributed by atoms with E-state index in [2.05, 4.69) is 15.9 Å². The summed E-state index contributed by atoms with van der Waals surface area (Å²) in [6.07, 6.45) is 0. The lowest BCUT2D eigenvalue weighted by atomic mass is 9.40. The Hall–Kier alpha value is 0.0648. The van der Waals surface area contributed by atoms with Gasteiger partial charge in [0.05, 0.1) is 28.4 Å². The second-order valence-corrected chi connectivity index (χ2v) is 7.87. The van der Waals surface area contributed by atoms with Gasteiger partial charge in [-0.2, -0.15) is 0 Å². The average molecular weight is 323 g/mol. The highest BCUT2D eigenvalue weighted by atomic mass is 79.9. The lowest BCUT2D eigenvalue weighted by Crippen LogP contribution is -2.29. The van der Waals surface area contributed by atoms with E-state index in [0.717, 1.165) is 6.07 Å². The number of rotatable bonds is 2. The predicted molar refractivity (Wildman–Crippen MR) is 74.4 cm³/mol. The fraction of sp³-hybridized carbons (Fsp3) is 0.143.